The fourth-order valence-corrected chi connectivity index (χ4v) is 3.28. The number of unbranched alkanes of at least 4 members (excludes halogenated alkanes) is 4. The summed E-state index contributed by atoms with van der Waals surface area (Å²) in [5.74, 6) is -2.15. The molecule has 0 atom stereocenters. The molecular formula is C20H25F2NO3S. The Hall–Kier alpha value is -2.02. The maximum Gasteiger partial charge on any atom is 0.305 e. The van der Waals surface area contributed by atoms with Crippen molar-refractivity contribution in [3.8, 4) is 17.0 Å². The lowest BCUT2D eigenvalue weighted by molar-refractivity contribution is -0.143. The molecule has 0 N–H and O–H groups in total. The lowest BCUT2D eigenvalue weighted by Crippen LogP contribution is -2.04. The molecule has 0 radical (unpaired) electrons. The quantitative estimate of drug-likeness (QED) is 0.362. The van der Waals surface area contributed by atoms with Gasteiger partial charge in [-0.2, -0.15) is 4.39 Å². The molecule has 4 nitrogen and oxygen atoms in total. The molecule has 0 unspecified atom stereocenters. The summed E-state index contributed by atoms with van der Waals surface area (Å²) in [4.78, 5) is 15.6. The fraction of sp³-hybridized carbons (Fsp3) is 0.500. The van der Waals surface area contributed by atoms with Crippen LogP contribution in [0.25, 0.3) is 11.3 Å². The van der Waals surface area contributed by atoms with Crippen molar-refractivity contribution in [3.05, 3.63) is 34.2 Å². The van der Waals surface area contributed by atoms with Gasteiger partial charge in [-0.05, 0) is 38.8 Å². The van der Waals surface area contributed by atoms with Gasteiger partial charge < -0.3 is 9.47 Å². The van der Waals surface area contributed by atoms with Crippen molar-refractivity contribution in [1.82, 2.24) is 4.98 Å². The number of carbonyl (C=O) groups is 1. The van der Waals surface area contributed by atoms with Crippen LogP contribution in [0.3, 0.4) is 0 Å². The van der Waals surface area contributed by atoms with Gasteiger partial charge in [0.2, 0.25) is 5.82 Å². The van der Waals surface area contributed by atoms with Gasteiger partial charge in [-0.1, -0.05) is 19.3 Å². The molecule has 0 saturated heterocycles. The van der Waals surface area contributed by atoms with Gasteiger partial charge in [0.05, 0.1) is 23.9 Å². The van der Waals surface area contributed by atoms with Crippen LogP contribution in [0.2, 0.25) is 0 Å². The lowest BCUT2D eigenvalue weighted by atomic mass is 10.1. The summed E-state index contributed by atoms with van der Waals surface area (Å²) >= 11 is 1.45. The van der Waals surface area contributed by atoms with Gasteiger partial charge in [0.25, 0.3) is 0 Å². The van der Waals surface area contributed by atoms with E-state index in [0.717, 1.165) is 43.2 Å². The number of ether oxygens (including phenoxy) is 2. The molecule has 1 aromatic carbocycles. The van der Waals surface area contributed by atoms with Gasteiger partial charge in [0.1, 0.15) is 0 Å². The molecule has 0 aliphatic carbocycles. The smallest absolute Gasteiger partial charge is 0.305 e. The van der Waals surface area contributed by atoms with Gasteiger partial charge in [0.15, 0.2) is 11.6 Å². The highest BCUT2D eigenvalue weighted by Gasteiger charge is 2.18. The second-order valence-corrected chi connectivity index (χ2v) is 7.22. The van der Waals surface area contributed by atoms with Crippen molar-refractivity contribution in [2.45, 2.75) is 52.4 Å². The van der Waals surface area contributed by atoms with Crippen LogP contribution < -0.4 is 4.74 Å². The first-order valence-electron chi connectivity index (χ1n) is 9.21. The van der Waals surface area contributed by atoms with E-state index < -0.39 is 11.6 Å². The Morgan fingerprint density at radius 3 is 2.59 bits per heavy atom. The molecule has 0 amide bonds. The Labute approximate surface area is 162 Å². The van der Waals surface area contributed by atoms with E-state index in [1.54, 1.807) is 12.3 Å². The number of aryl methyl sites for hydroxylation is 1. The monoisotopic (exact) mass is 397 g/mol. The predicted molar refractivity (Wildman–Crippen MR) is 102 cm³/mol. The van der Waals surface area contributed by atoms with E-state index in [4.69, 9.17) is 9.47 Å². The van der Waals surface area contributed by atoms with Crippen molar-refractivity contribution >= 4 is 17.3 Å². The molecule has 27 heavy (non-hydrogen) atoms. The van der Waals surface area contributed by atoms with E-state index in [-0.39, 0.29) is 11.7 Å². The second-order valence-electron chi connectivity index (χ2n) is 6.16. The third-order valence-corrected chi connectivity index (χ3v) is 4.80. The lowest BCUT2D eigenvalue weighted by Gasteiger charge is -2.12. The van der Waals surface area contributed by atoms with E-state index in [0.29, 0.717) is 30.9 Å². The number of hydrogen-bond donors (Lipinski definition) is 0. The first kappa shape index (κ1) is 21.3. The minimum atomic E-state index is -0.979. The van der Waals surface area contributed by atoms with Gasteiger partial charge in [0, 0.05) is 17.4 Å². The second kappa shape index (κ2) is 11.0. The maximum atomic E-state index is 14.2. The molecular weight excluding hydrogens is 372 g/mol. The van der Waals surface area contributed by atoms with Gasteiger partial charge in [-0.25, -0.2) is 9.37 Å². The Morgan fingerprint density at radius 1 is 1.15 bits per heavy atom. The number of esters is 1. The highest BCUT2D eigenvalue weighted by atomic mass is 32.1. The Morgan fingerprint density at radius 2 is 1.89 bits per heavy atom. The number of aromatic nitrogens is 1. The van der Waals surface area contributed by atoms with E-state index >= 15 is 0 Å². The molecule has 0 aliphatic heterocycles. The third-order valence-electron chi connectivity index (χ3n) is 4.02. The molecule has 0 spiro atoms. The van der Waals surface area contributed by atoms with E-state index in [9.17, 15) is 13.6 Å². The fourth-order valence-electron chi connectivity index (χ4n) is 2.67. The minimum absolute atomic E-state index is 0.0809. The Kier molecular flexibility index (Phi) is 8.64. The number of rotatable bonds is 11. The van der Waals surface area contributed by atoms with Crippen molar-refractivity contribution < 1.29 is 23.0 Å². The zero-order valence-electron chi connectivity index (χ0n) is 15.7. The summed E-state index contributed by atoms with van der Waals surface area (Å²) in [6, 6.07) is 2.59. The number of hydrogen-bond acceptors (Lipinski definition) is 5. The maximum absolute atomic E-state index is 14.2. The number of carbonyl (C=O) groups excluding carboxylic acids is 1. The predicted octanol–water partition coefficient (Wildman–Crippen LogP) is 5.68. The molecule has 148 valence electrons. The molecule has 7 heteroatoms. The van der Waals surface area contributed by atoms with Crippen LogP contribution in [0.4, 0.5) is 8.78 Å². The Bertz CT molecular complexity index is 749. The van der Waals surface area contributed by atoms with Crippen molar-refractivity contribution in [3.63, 3.8) is 0 Å². The third kappa shape index (κ3) is 6.57. The highest BCUT2D eigenvalue weighted by Crippen LogP contribution is 2.34. The van der Waals surface area contributed by atoms with E-state index in [2.05, 4.69) is 4.98 Å². The molecule has 0 saturated carbocycles. The van der Waals surface area contributed by atoms with Crippen molar-refractivity contribution in [2.75, 3.05) is 13.2 Å². The zero-order chi connectivity index (χ0) is 19.6. The van der Waals surface area contributed by atoms with Crippen molar-refractivity contribution in [2.24, 2.45) is 0 Å². The number of thiazole rings is 1. The topological polar surface area (TPSA) is 48.4 Å². The number of halogens is 2. The molecule has 2 rings (SSSR count). The van der Waals surface area contributed by atoms with Crippen LogP contribution in [0.1, 0.15) is 50.5 Å². The molecule has 1 heterocycles. The number of nitrogens with zero attached hydrogens (tertiary/aromatic N) is 1. The largest absolute Gasteiger partial charge is 0.490 e. The van der Waals surface area contributed by atoms with Crippen molar-refractivity contribution in [1.29, 1.82) is 0 Å². The SMILES string of the molecule is CCOC(=O)CCCCCCCOc1c(-c2csc(C)n2)ccc(F)c1F. The minimum Gasteiger partial charge on any atom is -0.490 e. The van der Waals surface area contributed by atoms with Gasteiger partial charge in [-0.3, -0.25) is 4.79 Å². The molecule has 1 aromatic heterocycles. The Balaban J connectivity index is 1.79. The van der Waals surface area contributed by atoms with E-state index in [1.807, 2.05) is 6.92 Å². The average Bonchev–Trinajstić information content (AvgIpc) is 3.07. The average molecular weight is 397 g/mol. The van der Waals surface area contributed by atoms with Crippen LogP contribution in [-0.2, 0) is 9.53 Å². The molecule has 0 aliphatic rings. The van der Waals surface area contributed by atoms with Gasteiger partial charge in [-0.15, -0.1) is 11.3 Å². The normalized spacial score (nSPS) is 10.8. The molecule has 0 bridgehead atoms. The summed E-state index contributed by atoms with van der Waals surface area (Å²) in [5.41, 5.74) is 1.05. The van der Waals surface area contributed by atoms with Crippen LogP contribution in [-0.4, -0.2) is 24.2 Å². The summed E-state index contributed by atoms with van der Waals surface area (Å²) in [5, 5.41) is 2.65. The summed E-state index contributed by atoms with van der Waals surface area (Å²) in [7, 11) is 0. The first-order chi connectivity index (χ1) is 13.0. The summed E-state index contributed by atoms with van der Waals surface area (Å²) < 4.78 is 38.2. The van der Waals surface area contributed by atoms with Crippen LogP contribution in [0, 0.1) is 18.6 Å². The first-order valence-corrected chi connectivity index (χ1v) is 10.1. The van der Waals surface area contributed by atoms with E-state index in [1.165, 1.54) is 17.4 Å². The number of benzene rings is 1. The summed E-state index contributed by atoms with van der Waals surface area (Å²) in [6.45, 7) is 4.36. The standard InChI is InChI=1S/C20H25F2NO3S/c1-3-25-18(24)9-7-5-4-6-8-12-26-20-15(10-11-16(21)19(20)22)17-13-27-14(2)23-17/h10-11,13H,3-9,12H2,1-2H3. The summed E-state index contributed by atoms with van der Waals surface area (Å²) in [6.07, 6.45) is 4.74. The van der Waals surface area contributed by atoms with Crippen LogP contribution in [0.15, 0.2) is 17.5 Å². The molecule has 2 aromatic rings. The molecule has 0 fully saturated rings. The van der Waals surface area contributed by atoms with Crippen LogP contribution >= 0.6 is 11.3 Å². The van der Waals surface area contributed by atoms with Gasteiger partial charge >= 0.3 is 5.97 Å². The zero-order valence-corrected chi connectivity index (χ0v) is 16.5. The highest BCUT2D eigenvalue weighted by molar-refractivity contribution is 7.09. The van der Waals surface area contributed by atoms with Crippen LogP contribution in [0.5, 0.6) is 5.75 Å².